The van der Waals surface area contributed by atoms with Crippen LogP contribution < -0.4 is 5.32 Å². The van der Waals surface area contributed by atoms with Crippen LogP contribution in [-0.4, -0.2) is 23.2 Å². The highest BCUT2D eigenvalue weighted by atomic mass is 16.5. The van der Waals surface area contributed by atoms with Crippen molar-refractivity contribution in [1.29, 1.82) is 0 Å². The summed E-state index contributed by atoms with van der Waals surface area (Å²) in [6, 6.07) is 8.63. The van der Waals surface area contributed by atoms with Gasteiger partial charge in [-0.3, -0.25) is 0 Å². The number of rotatable bonds is 3. The molecule has 1 aliphatic heterocycles. The Kier molecular flexibility index (Phi) is 3.47. The van der Waals surface area contributed by atoms with E-state index in [9.17, 15) is 0 Å². The van der Waals surface area contributed by atoms with E-state index in [-0.39, 0.29) is 0 Å². The topological polar surface area (TPSA) is 51.0 Å². The van der Waals surface area contributed by atoms with Crippen molar-refractivity contribution in [2.24, 2.45) is 5.92 Å². The van der Waals surface area contributed by atoms with Crippen LogP contribution in [0, 0.1) is 5.92 Å². The van der Waals surface area contributed by atoms with Crippen LogP contribution in [-0.2, 0) is 12.8 Å². The van der Waals surface area contributed by atoms with Crippen molar-refractivity contribution in [3.8, 4) is 0 Å². The van der Waals surface area contributed by atoms with E-state index in [2.05, 4.69) is 39.7 Å². The number of hydrogen-bond donors (Lipinski definition) is 1. The maximum absolute atomic E-state index is 5.51. The average Bonchev–Trinajstić information content (AvgIpc) is 3.14. The highest BCUT2D eigenvalue weighted by Crippen LogP contribution is 2.36. The molecule has 1 N–H and O–H groups in total. The molecule has 0 saturated carbocycles. The molecular formula is C17H21N3O. The Morgan fingerprint density at radius 1 is 1.24 bits per heavy atom. The van der Waals surface area contributed by atoms with Crippen LogP contribution in [0.5, 0.6) is 0 Å². The van der Waals surface area contributed by atoms with Crippen molar-refractivity contribution in [2.75, 3.05) is 13.1 Å². The number of fused-ring (bicyclic) bond motifs is 1. The fourth-order valence-corrected chi connectivity index (χ4v) is 3.66. The molecule has 4 nitrogen and oxygen atoms in total. The first kappa shape index (κ1) is 13.0. The monoisotopic (exact) mass is 283 g/mol. The van der Waals surface area contributed by atoms with Crippen molar-refractivity contribution >= 4 is 0 Å². The van der Waals surface area contributed by atoms with Crippen molar-refractivity contribution in [1.82, 2.24) is 15.5 Å². The Bertz CT molecular complexity index is 616. The molecule has 2 atom stereocenters. The molecule has 2 unspecified atom stereocenters. The zero-order valence-electron chi connectivity index (χ0n) is 12.2. The molecule has 1 aliphatic carbocycles. The second-order valence-corrected chi connectivity index (χ2v) is 6.25. The number of aromatic nitrogens is 2. The maximum Gasteiger partial charge on any atom is 0.226 e. The second kappa shape index (κ2) is 5.60. The minimum Gasteiger partial charge on any atom is -0.339 e. The Morgan fingerprint density at radius 3 is 3.10 bits per heavy atom. The lowest BCUT2D eigenvalue weighted by atomic mass is 9.96. The molecule has 1 saturated heterocycles. The maximum atomic E-state index is 5.51. The van der Waals surface area contributed by atoms with Crippen molar-refractivity contribution in [3.63, 3.8) is 0 Å². The Balaban J connectivity index is 1.50. The molecule has 110 valence electrons. The first-order valence-electron chi connectivity index (χ1n) is 8.01. The van der Waals surface area contributed by atoms with Gasteiger partial charge >= 0.3 is 0 Å². The van der Waals surface area contributed by atoms with E-state index in [0.717, 1.165) is 44.1 Å². The minimum absolute atomic E-state index is 0.322. The molecule has 2 aliphatic rings. The number of benzene rings is 1. The third-order valence-electron chi connectivity index (χ3n) is 4.79. The molecule has 0 spiro atoms. The summed E-state index contributed by atoms with van der Waals surface area (Å²) < 4.78 is 5.51. The number of hydrogen-bond acceptors (Lipinski definition) is 4. The van der Waals surface area contributed by atoms with Gasteiger partial charge < -0.3 is 9.84 Å². The summed E-state index contributed by atoms with van der Waals surface area (Å²) in [5.74, 6) is 2.65. The van der Waals surface area contributed by atoms with Gasteiger partial charge in [-0.25, -0.2) is 0 Å². The Morgan fingerprint density at radius 2 is 2.19 bits per heavy atom. The summed E-state index contributed by atoms with van der Waals surface area (Å²) in [4.78, 5) is 4.68. The predicted molar refractivity (Wildman–Crippen MR) is 80.2 cm³/mol. The van der Waals surface area contributed by atoms with Crippen LogP contribution in [0.15, 0.2) is 28.8 Å². The lowest BCUT2D eigenvalue weighted by Gasteiger charge is -2.20. The molecule has 4 heteroatoms. The molecule has 4 rings (SSSR count). The number of aryl methyl sites for hydroxylation is 1. The van der Waals surface area contributed by atoms with E-state index >= 15 is 0 Å². The minimum atomic E-state index is 0.322. The molecule has 21 heavy (non-hydrogen) atoms. The van der Waals surface area contributed by atoms with E-state index in [1.54, 1.807) is 0 Å². The van der Waals surface area contributed by atoms with Gasteiger partial charge in [-0.15, -0.1) is 0 Å². The molecule has 0 radical (unpaired) electrons. The predicted octanol–water partition coefficient (Wildman–Crippen LogP) is 2.69. The molecule has 2 heterocycles. The van der Waals surface area contributed by atoms with Crippen LogP contribution >= 0.6 is 0 Å². The first-order valence-corrected chi connectivity index (χ1v) is 8.01. The first-order chi connectivity index (χ1) is 10.4. The Hall–Kier alpha value is -1.68. The number of nitrogens with one attached hydrogen (secondary N) is 1. The van der Waals surface area contributed by atoms with Gasteiger partial charge in [0.2, 0.25) is 5.89 Å². The summed E-state index contributed by atoms with van der Waals surface area (Å²) in [5.41, 5.74) is 2.81. The van der Waals surface area contributed by atoms with Gasteiger partial charge in [-0.2, -0.15) is 4.98 Å². The molecule has 1 fully saturated rings. The lowest BCUT2D eigenvalue weighted by molar-refractivity contribution is 0.314. The SMILES string of the molecule is c1ccc2c(c1)CCC2c1noc(CC2CCCNC2)n1. The van der Waals surface area contributed by atoms with E-state index in [1.807, 2.05) is 0 Å². The van der Waals surface area contributed by atoms with Crippen LogP contribution in [0.1, 0.15) is 48.0 Å². The third kappa shape index (κ3) is 2.60. The van der Waals surface area contributed by atoms with Crippen LogP contribution in [0.4, 0.5) is 0 Å². The van der Waals surface area contributed by atoms with Gasteiger partial charge in [0, 0.05) is 12.3 Å². The molecule has 0 amide bonds. The van der Waals surface area contributed by atoms with Crippen LogP contribution in [0.3, 0.4) is 0 Å². The van der Waals surface area contributed by atoms with Gasteiger partial charge in [0.1, 0.15) is 0 Å². The average molecular weight is 283 g/mol. The molecule has 2 aromatic rings. The van der Waals surface area contributed by atoms with Crippen molar-refractivity contribution in [2.45, 2.75) is 38.0 Å². The summed E-state index contributed by atoms with van der Waals surface area (Å²) in [6.07, 6.45) is 5.65. The smallest absolute Gasteiger partial charge is 0.226 e. The normalized spacial score (nSPS) is 25.0. The molecule has 1 aromatic heterocycles. The molecular weight excluding hydrogens is 262 g/mol. The van der Waals surface area contributed by atoms with Crippen LogP contribution in [0.2, 0.25) is 0 Å². The standard InChI is InChI=1S/C17H21N3O/c1-2-6-14-13(5-1)7-8-15(14)17-19-16(21-20-17)10-12-4-3-9-18-11-12/h1-2,5-6,12,15,18H,3-4,7-11H2. The summed E-state index contributed by atoms with van der Waals surface area (Å²) in [6.45, 7) is 2.22. The molecule has 0 bridgehead atoms. The third-order valence-corrected chi connectivity index (χ3v) is 4.79. The van der Waals surface area contributed by atoms with Crippen molar-refractivity contribution < 1.29 is 4.52 Å². The zero-order valence-corrected chi connectivity index (χ0v) is 12.2. The van der Waals surface area contributed by atoms with Gasteiger partial charge in [-0.05, 0) is 55.8 Å². The second-order valence-electron chi connectivity index (χ2n) is 6.25. The highest BCUT2D eigenvalue weighted by molar-refractivity contribution is 5.38. The zero-order chi connectivity index (χ0) is 14.1. The van der Waals surface area contributed by atoms with E-state index in [4.69, 9.17) is 4.52 Å². The van der Waals surface area contributed by atoms with Gasteiger partial charge in [-0.1, -0.05) is 29.4 Å². The highest BCUT2D eigenvalue weighted by Gasteiger charge is 2.28. The summed E-state index contributed by atoms with van der Waals surface area (Å²) in [7, 11) is 0. The lowest BCUT2D eigenvalue weighted by Crippen LogP contribution is -2.30. The fourth-order valence-electron chi connectivity index (χ4n) is 3.66. The van der Waals surface area contributed by atoms with Crippen molar-refractivity contribution in [3.05, 3.63) is 47.1 Å². The quantitative estimate of drug-likeness (QED) is 0.941. The fraction of sp³-hybridized carbons (Fsp3) is 0.529. The number of nitrogens with zero attached hydrogens (tertiary/aromatic N) is 2. The molecule has 1 aromatic carbocycles. The summed E-state index contributed by atoms with van der Waals surface area (Å²) in [5, 5.41) is 7.70. The van der Waals surface area contributed by atoms with E-state index in [1.165, 1.54) is 24.0 Å². The number of piperidine rings is 1. The largest absolute Gasteiger partial charge is 0.339 e. The summed E-state index contributed by atoms with van der Waals surface area (Å²) >= 11 is 0. The van der Waals surface area contributed by atoms with E-state index in [0.29, 0.717) is 11.8 Å². The van der Waals surface area contributed by atoms with Gasteiger partial charge in [0.05, 0.1) is 0 Å². The Labute approximate surface area is 124 Å². The van der Waals surface area contributed by atoms with Crippen LogP contribution in [0.25, 0.3) is 0 Å². The van der Waals surface area contributed by atoms with Gasteiger partial charge in [0.15, 0.2) is 5.82 Å². The van der Waals surface area contributed by atoms with E-state index < -0.39 is 0 Å². The van der Waals surface area contributed by atoms with Gasteiger partial charge in [0.25, 0.3) is 0 Å².